The van der Waals surface area contributed by atoms with Crippen LogP contribution in [0.15, 0.2) is 25.0 Å². The lowest BCUT2D eigenvalue weighted by atomic mass is 9.79. The van der Waals surface area contributed by atoms with Crippen molar-refractivity contribution in [1.82, 2.24) is 0 Å². The number of alkyl halides is 24. The first-order valence-electron chi connectivity index (χ1n) is 16.2. The summed E-state index contributed by atoms with van der Waals surface area (Å²) in [5, 5.41) is 8.75. The summed E-state index contributed by atoms with van der Waals surface area (Å²) in [5.74, 6) is -15.9. The summed E-state index contributed by atoms with van der Waals surface area (Å²) in [6, 6.07) is 0. The van der Waals surface area contributed by atoms with Crippen molar-refractivity contribution in [2.24, 2.45) is 17.8 Å². The molecular weight excluding hydrogens is 1010 g/mol. The summed E-state index contributed by atoms with van der Waals surface area (Å²) >= 11 is 0. The molecule has 0 heterocycles. The Kier molecular flexibility index (Phi) is 25.5. The maximum Gasteiger partial charge on any atom is 0.434 e. The molecule has 66 heavy (non-hydrogen) atoms. The second kappa shape index (κ2) is 25.6. The van der Waals surface area contributed by atoms with Gasteiger partial charge in [-0.3, -0.25) is 19.6 Å². The third-order valence-electron chi connectivity index (χ3n) is 6.65. The number of hydrogen-bond donors (Lipinski definition) is 1. The monoisotopic (exact) mass is 1040 g/mol. The summed E-state index contributed by atoms with van der Waals surface area (Å²) < 4.78 is 314. The first-order valence-corrected chi connectivity index (χ1v) is 16.2. The number of carbonyl (C=O) groups is 4. The van der Waals surface area contributed by atoms with Gasteiger partial charge in [-0.2, -0.15) is 105 Å². The first kappa shape index (κ1) is 65.8. The molecule has 0 rings (SSSR count). The van der Waals surface area contributed by atoms with Crippen LogP contribution in [-0.4, -0.2) is 116 Å². The fourth-order valence-electron chi connectivity index (χ4n) is 4.16. The maximum atomic E-state index is 13.0. The highest BCUT2D eigenvalue weighted by molar-refractivity contribution is 5.82. The predicted molar refractivity (Wildman–Crippen MR) is 160 cm³/mol. The van der Waals surface area contributed by atoms with E-state index in [1.165, 1.54) is 6.92 Å². The highest BCUT2D eigenvalue weighted by atomic mass is 19.4. The molecule has 0 aromatic rings. The van der Waals surface area contributed by atoms with Gasteiger partial charge in [0.1, 0.15) is 12.7 Å². The average Bonchev–Trinajstić information content (AvgIpc) is 3.04. The van der Waals surface area contributed by atoms with Crippen LogP contribution in [0, 0.1) is 17.8 Å². The van der Waals surface area contributed by atoms with E-state index in [1.807, 2.05) is 0 Å². The molecule has 1 N–H and O–H groups in total. The Hall–Kier alpha value is -4.48. The van der Waals surface area contributed by atoms with E-state index in [-0.39, 0.29) is 18.1 Å². The molecule has 0 aromatic heterocycles. The Morgan fingerprint density at radius 1 is 0.561 bits per heavy atom. The van der Waals surface area contributed by atoms with Crippen molar-refractivity contribution in [1.29, 1.82) is 0 Å². The zero-order chi connectivity index (χ0) is 53.4. The van der Waals surface area contributed by atoms with Crippen molar-refractivity contribution in [3.8, 4) is 0 Å². The van der Waals surface area contributed by atoms with E-state index in [4.69, 9.17) is 5.26 Å². The van der Waals surface area contributed by atoms with Gasteiger partial charge in [-0.15, -0.1) is 0 Å². The quantitative estimate of drug-likeness (QED) is 0.0229. The van der Waals surface area contributed by atoms with E-state index in [0.29, 0.717) is 6.92 Å². The molecule has 0 aliphatic carbocycles. The molecule has 0 aliphatic rings. The van der Waals surface area contributed by atoms with Crippen LogP contribution in [0.5, 0.6) is 0 Å². The fraction of sp³-hybridized carbons (Fsp3) is 0.733. The van der Waals surface area contributed by atoms with Crippen molar-refractivity contribution in [2.45, 2.75) is 114 Å². The van der Waals surface area contributed by atoms with E-state index in [9.17, 15) is 125 Å². The van der Waals surface area contributed by atoms with Gasteiger partial charge in [-0.25, -0.2) is 19.5 Å². The molecule has 4 atom stereocenters. The molecular formula is C30H30F24O12. The van der Waals surface area contributed by atoms with E-state index in [0.717, 1.165) is 20.1 Å². The smallest absolute Gasteiger partial charge is 0.434 e. The van der Waals surface area contributed by atoms with Crippen LogP contribution < -0.4 is 0 Å². The number of halogens is 24. The summed E-state index contributed by atoms with van der Waals surface area (Å²) in [6.45, 7) is 5.12. The summed E-state index contributed by atoms with van der Waals surface area (Å²) in [7, 11) is 0. The largest absolute Gasteiger partial charge is 0.463 e. The highest BCUT2D eigenvalue weighted by Crippen LogP contribution is 2.46. The standard InChI is InChI=1S/C16H18F12O6.C10H6F12O4.C4H6O2/c1-5(32-7(3)29)4-8(11(30)33-12(15(23,24)25)16(26,27)28)6(2)9(34-31)10(13(17,18)19)14(20,21)22;11-7(12,13)5(8(14,15)16)25-4(23)2-1-3-24-26-6(9(17,18)19)10(20,21)22;1-3-6-4(2)5/h5-6,8-10,12,31H,4H2,1-3H3;1-2,5-6H,3H2;3H,1H2,2H3/b;2-1+;. The maximum absolute atomic E-state index is 13.0. The Morgan fingerprint density at radius 3 is 1.23 bits per heavy atom. The van der Waals surface area contributed by atoms with E-state index < -0.39 is 129 Å². The molecule has 0 fully saturated rings. The van der Waals surface area contributed by atoms with Gasteiger partial charge < -0.3 is 18.9 Å². The van der Waals surface area contributed by atoms with Crippen molar-refractivity contribution in [2.75, 3.05) is 6.61 Å². The van der Waals surface area contributed by atoms with Crippen molar-refractivity contribution < 1.29 is 163 Å². The lowest BCUT2D eigenvalue weighted by molar-refractivity contribution is -0.429. The molecule has 4 unspecified atom stereocenters. The third-order valence-corrected chi connectivity index (χ3v) is 6.65. The van der Waals surface area contributed by atoms with Crippen LogP contribution in [-0.2, 0) is 52.8 Å². The summed E-state index contributed by atoms with van der Waals surface area (Å²) in [5.41, 5.74) is 0. The molecule has 0 saturated heterocycles. The van der Waals surface area contributed by atoms with Gasteiger partial charge in [-0.1, -0.05) is 13.5 Å². The highest BCUT2D eigenvalue weighted by Gasteiger charge is 2.65. The zero-order valence-corrected chi connectivity index (χ0v) is 32.5. The molecule has 0 spiro atoms. The van der Waals surface area contributed by atoms with Crippen LogP contribution in [0.4, 0.5) is 105 Å². The van der Waals surface area contributed by atoms with Gasteiger partial charge in [0, 0.05) is 19.9 Å². The lowest BCUT2D eigenvalue weighted by Gasteiger charge is -2.36. The number of rotatable bonds is 16. The molecule has 0 aromatic carbocycles. The second-order valence-corrected chi connectivity index (χ2v) is 12.1. The van der Waals surface area contributed by atoms with Crippen LogP contribution in [0.1, 0.15) is 34.1 Å². The molecule has 36 heteroatoms. The van der Waals surface area contributed by atoms with E-state index >= 15 is 0 Å². The molecule has 12 nitrogen and oxygen atoms in total. The van der Waals surface area contributed by atoms with Gasteiger partial charge >= 0.3 is 73.3 Å². The van der Waals surface area contributed by atoms with Crippen LogP contribution in [0.3, 0.4) is 0 Å². The van der Waals surface area contributed by atoms with Crippen molar-refractivity contribution in [3.05, 3.63) is 25.0 Å². The molecule has 0 bridgehead atoms. The second-order valence-electron chi connectivity index (χ2n) is 12.1. The van der Waals surface area contributed by atoms with E-state index in [1.54, 1.807) is 0 Å². The third kappa shape index (κ3) is 26.0. The van der Waals surface area contributed by atoms with Crippen molar-refractivity contribution >= 4 is 23.9 Å². The van der Waals surface area contributed by atoms with Gasteiger partial charge in [0.2, 0.25) is 0 Å². The first-order chi connectivity index (χ1) is 29.1. The molecule has 0 saturated carbocycles. The van der Waals surface area contributed by atoms with Crippen molar-refractivity contribution in [3.63, 3.8) is 0 Å². The molecule has 0 amide bonds. The number of ether oxygens (including phenoxy) is 4. The van der Waals surface area contributed by atoms with Gasteiger partial charge in [0.25, 0.3) is 18.3 Å². The van der Waals surface area contributed by atoms with Crippen LogP contribution in [0.25, 0.3) is 0 Å². The zero-order valence-electron chi connectivity index (χ0n) is 32.5. The topological polar surface area (TPSA) is 153 Å². The summed E-state index contributed by atoms with van der Waals surface area (Å²) in [4.78, 5) is 53.5. The minimum Gasteiger partial charge on any atom is -0.463 e. The van der Waals surface area contributed by atoms with Gasteiger partial charge in [-0.05, 0) is 25.3 Å². The minimum absolute atomic E-state index is 0.149. The number of esters is 4. The number of hydrogen-bond acceptors (Lipinski definition) is 12. The lowest BCUT2D eigenvalue weighted by Crippen LogP contribution is -2.52. The predicted octanol–water partition coefficient (Wildman–Crippen LogP) is 9.93. The van der Waals surface area contributed by atoms with E-state index in [2.05, 4.69) is 40.2 Å². The fourth-order valence-corrected chi connectivity index (χ4v) is 4.16. The van der Waals surface area contributed by atoms with Crippen LogP contribution >= 0.6 is 0 Å². The Morgan fingerprint density at radius 2 is 0.939 bits per heavy atom. The SMILES string of the molecule is C=COC(C)=O.CC(=O)OC(C)CC(C(=O)OC(C(F)(F)F)C(F)(F)F)C(C)C(OO)C(C(F)(F)F)C(F)(F)F.O=C(/C=C/COOC(C(F)(F)F)C(F)(F)F)OC(C(F)(F)F)C(F)(F)F. The Balaban J connectivity index is -0.00000110. The van der Waals surface area contributed by atoms with Gasteiger partial charge in [0.15, 0.2) is 5.92 Å². The molecule has 0 aliphatic heterocycles. The Bertz CT molecular complexity index is 1490. The molecule has 0 radical (unpaired) electrons. The minimum atomic E-state index is -6.25. The summed E-state index contributed by atoms with van der Waals surface area (Å²) in [6.07, 6.45) is -67.5. The average molecular weight is 1040 g/mol. The number of carbonyl (C=O) groups excluding carboxylic acids is 4. The van der Waals surface area contributed by atoms with Crippen LogP contribution in [0.2, 0.25) is 0 Å². The van der Waals surface area contributed by atoms with Gasteiger partial charge in [0.05, 0.1) is 18.3 Å². The normalized spacial score (nSPS) is 15.3. The molecule has 390 valence electrons. The Labute approximate surface area is 351 Å².